The number of nitro benzene ring substituents is 1. The highest BCUT2D eigenvalue weighted by molar-refractivity contribution is 7.89. The lowest BCUT2D eigenvalue weighted by molar-refractivity contribution is -0.385. The molecule has 0 radical (unpaired) electrons. The Balaban J connectivity index is 2.46. The summed E-state index contributed by atoms with van der Waals surface area (Å²) in [5, 5.41) is 13.8. The maximum atomic E-state index is 12.6. The van der Waals surface area contributed by atoms with Crippen LogP contribution in [0, 0.1) is 24.0 Å². The van der Waals surface area contributed by atoms with Crippen molar-refractivity contribution in [2.45, 2.75) is 18.7 Å². The van der Waals surface area contributed by atoms with Crippen LogP contribution in [0.3, 0.4) is 0 Å². The van der Waals surface area contributed by atoms with Gasteiger partial charge in [0.1, 0.15) is 5.56 Å². The number of anilines is 1. The molecule has 0 fully saturated rings. The number of hydrogen-bond acceptors (Lipinski definition) is 5. The van der Waals surface area contributed by atoms with Gasteiger partial charge in [0.2, 0.25) is 10.0 Å². The van der Waals surface area contributed by atoms with Crippen LogP contribution in [0.1, 0.15) is 21.5 Å². The van der Waals surface area contributed by atoms with E-state index in [0.29, 0.717) is 11.1 Å². The SMILES string of the molecule is Cc1ccc(S(=O)(=O)N(C)C)cc1NC(=O)c1cccc(C)c1[N+](=O)[O-]. The van der Waals surface area contributed by atoms with E-state index in [1.165, 1.54) is 32.3 Å². The quantitative estimate of drug-likeness (QED) is 0.636. The van der Waals surface area contributed by atoms with Crippen molar-refractivity contribution >= 4 is 27.3 Å². The highest BCUT2D eigenvalue weighted by Crippen LogP contribution is 2.26. The van der Waals surface area contributed by atoms with Gasteiger partial charge < -0.3 is 5.32 Å². The Morgan fingerprint density at radius 2 is 1.77 bits per heavy atom. The fraction of sp³-hybridized carbons (Fsp3) is 0.235. The summed E-state index contributed by atoms with van der Waals surface area (Å²) in [7, 11) is -0.858. The number of sulfonamides is 1. The topological polar surface area (TPSA) is 110 Å². The van der Waals surface area contributed by atoms with Crippen LogP contribution in [0.25, 0.3) is 0 Å². The van der Waals surface area contributed by atoms with Crippen LogP contribution in [0.4, 0.5) is 11.4 Å². The van der Waals surface area contributed by atoms with Gasteiger partial charge in [-0.1, -0.05) is 18.2 Å². The minimum atomic E-state index is -3.67. The number of amides is 1. The average molecular weight is 377 g/mol. The fourth-order valence-electron chi connectivity index (χ4n) is 2.38. The molecule has 0 unspecified atom stereocenters. The van der Waals surface area contributed by atoms with Crippen LogP contribution in [0.15, 0.2) is 41.3 Å². The molecule has 0 spiro atoms. The van der Waals surface area contributed by atoms with Crippen molar-refractivity contribution in [2.75, 3.05) is 19.4 Å². The molecule has 0 saturated carbocycles. The van der Waals surface area contributed by atoms with E-state index in [1.54, 1.807) is 32.0 Å². The monoisotopic (exact) mass is 377 g/mol. The lowest BCUT2D eigenvalue weighted by Gasteiger charge is -2.14. The number of rotatable bonds is 5. The van der Waals surface area contributed by atoms with E-state index < -0.39 is 20.9 Å². The Hall–Kier alpha value is -2.78. The molecule has 2 aromatic rings. The standard InChI is InChI=1S/C17H19N3O5S/c1-11-8-9-13(26(24,25)19(3)4)10-15(11)18-17(21)14-7-5-6-12(2)16(14)20(22)23/h5-10H,1-4H3,(H,18,21). The third-order valence-electron chi connectivity index (χ3n) is 3.90. The summed E-state index contributed by atoms with van der Waals surface area (Å²) in [5.74, 6) is -0.678. The van der Waals surface area contributed by atoms with Gasteiger partial charge in [-0.2, -0.15) is 0 Å². The van der Waals surface area contributed by atoms with Crippen LogP contribution in [0.5, 0.6) is 0 Å². The Morgan fingerprint density at radius 3 is 2.35 bits per heavy atom. The summed E-state index contributed by atoms with van der Waals surface area (Å²) in [4.78, 5) is 23.2. The molecule has 2 rings (SSSR count). The number of benzene rings is 2. The molecular formula is C17H19N3O5S. The van der Waals surface area contributed by atoms with Gasteiger partial charge in [0.15, 0.2) is 0 Å². The summed E-state index contributed by atoms with van der Waals surface area (Å²) in [6.07, 6.45) is 0. The Labute approximate surface area is 151 Å². The van der Waals surface area contributed by atoms with Crippen molar-refractivity contribution in [2.24, 2.45) is 0 Å². The number of aryl methyl sites for hydroxylation is 2. The first-order valence-corrected chi connectivity index (χ1v) is 9.08. The van der Waals surface area contributed by atoms with Crippen LogP contribution < -0.4 is 5.32 Å². The second kappa shape index (κ2) is 7.22. The normalized spacial score (nSPS) is 11.4. The van der Waals surface area contributed by atoms with Gasteiger partial charge in [-0.05, 0) is 37.6 Å². The minimum Gasteiger partial charge on any atom is -0.321 e. The number of para-hydroxylation sites is 1. The zero-order valence-corrected chi connectivity index (χ0v) is 15.6. The van der Waals surface area contributed by atoms with E-state index in [1.807, 2.05) is 0 Å². The zero-order chi connectivity index (χ0) is 19.6. The smallest absolute Gasteiger partial charge is 0.285 e. The molecule has 9 heteroatoms. The zero-order valence-electron chi connectivity index (χ0n) is 14.8. The average Bonchev–Trinajstić information content (AvgIpc) is 2.55. The van der Waals surface area contributed by atoms with Crippen molar-refractivity contribution in [1.29, 1.82) is 0 Å². The molecule has 1 N–H and O–H groups in total. The summed E-state index contributed by atoms with van der Waals surface area (Å²) < 4.78 is 25.6. The van der Waals surface area contributed by atoms with Gasteiger partial charge in [-0.25, -0.2) is 12.7 Å². The van der Waals surface area contributed by atoms with Gasteiger partial charge in [0.05, 0.1) is 9.82 Å². The number of hydrogen-bond donors (Lipinski definition) is 1. The number of carbonyl (C=O) groups excluding carboxylic acids is 1. The summed E-state index contributed by atoms with van der Waals surface area (Å²) in [5.41, 5.74) is 0.901. The lowest BCUT2D eigenvalue weighted by atomic mass is 10.1. The van der Waals surface area contributed by atoms with E-state index in [4.69, 9.17) is 0 Å². The van der Waals surface area contributed by atoms with Crippen LogP contribution in [-0.2, 0) is 10.0 Å². The van der Waals surface area contributed by atoms with Gasteiger partial charge in [0, 0.05) is 25.3 Å². The van der Waals surface area contributed by atoms with E-state index in [2.05, 4.69) is 5.32 Å². The molecule has 26 heavy (non-hydrogen) atoms. The van der Waals surface area contributed by atoms with Crippen molar-refractivity contribution < 1.29 is 18.1 Å². The summed E-state index contributed by atoms with van der Waals surface area (Å²) >= 11 is 0. The molecule has 0 heterocycles. The molecule has 0 aliphatic rings. The highest BCUT2D eigenvalue weighted by Gasteiger charge is 2.24. The fourth-order valence-corrected chi connectivity index (χ4v) is 3.31. The maximum Gasteiger partial charge on any atom is 0.285 e. The predicted molar refractivity (Wildman–Crippen MR) is 97.8 cm³/mol. The van der Waals surface area contributed by atoms with Gasteiger partial charge in [-0.3, -0.25) is 14.9 Å². The molecule has 0 saturated heterocycles. The van der Waals surface area contributed by atoms with Crippen molar-refractivity contribution in [3.05, 3.63) is 63.2 Å². The molecule has 0 aromatic heterocycles. The molecule has 0 bridgehead atoms. The van der Waals surface area contributed by atoms with Crippen molar-refractivity contribution in [3.63, 3.8) is 0 Å². The number of carbonyl (C=O) groups is 1. The van der Waals surface area contributed by atoms with Gasteiger partial charge >= 0.3 is 0 Å². The highest BCUT2D eigenvalue weighted by atomic mass is 32.2. The molecule has 138 valence electrons. The summed E-state index contributed by atoms with van der Waals surface area (Å²) in [6, 6.07) is 8.80. The van der Waals surface area contributed by atoms with E-state index in [-0.39, 0.29) is 21.8 Å². The molecule has 0 aliphatic heterocycles. The first-order chi connectivity index (χ1) is 12.1. The lowest BCUT2D eigenvalue weighted by Crippen LogP contribution is -2.22. The van der Waals surface area contributed by atoms with E-state index in [0.717, 1.165) is 4.31 Å². The predicted octanol–water partition coefficient (Wildman–Crippen LogP) is 2.71. The van der Waals surface area contributed by atoms with Crippen LogP contribution in [-0.4, -0.2) is 37.6 Å². The first kappa shape index (κ1) is 19.5. The minimum absolute atomic E-state index is 0.0159. The van der Waals surface area contributed by atoms with Crippen molar-refractivity contribution in [1.82, 2.24) is 4.31 Å². The van der Waals surface area contributed by atoms with Crippen LogP contribution in [0.2, 0.25) is 0 Å². The number of nitrogens with zero attached hydrogens (tertiary/aromatic N) is 2. The Kier molecular flexibility index (Phi) is 5.43. The van der Waals surface area contributed by atoms with E-state index in [9.17, 15) is 23.3 Å². The largest absolute Gasteiger partial charge is 0.321 e. The summed E-state index contributed by atoms with van der Waals surface area (Å²) in [6.45, 7) is 3.25. The van der Waals surface area contributed by atoms with Crippen LogP contribution >= 0.6 is 0 Å². The second-order valence-corrected chi connectivity index (χ2v) is 8.10. The molecule has 0 aliphatic carbocycles. The molecule has 0 atom stereocenters. The molecule has 2 aromatic carbocycles. The Morgan fingerprint density at radius 1 is 1.12 bits per heavy atom. The maximum absolute atomic E-state index is 12.6. The molecule has 1 amide bonds. The number of nitro groups is 1. The molecule has 8 nitrogen and oxygen atoms in total. The number of nitrogens with one attached hydrogen (secondary N) is 1. The van der Waals surface area contributed by atoms with E-state index >= 15 is 0 Å². The van der Waals surface area contributed by atoms with Crippen molar-refractivity contribution in [3.8, 4) is 0 Å². The van der Waals surface area contributed by atoms with Gasteiger partial charge in [0.25, 0.3) is 11.6 Å². The first-order valence-electron chi connectivity index (χ1n) is 7.64. The van der Waals surface area contributed by atoms with Gasteiger partial charge in [-0.15, -0.1) is 0 Å². The Bertz CT molecular complexity index is 984. The third kappa shape index (κ3) is 3.73. The second-order valence-electron chi connectivity index (χ2n) is 5.95. The third-order valence-corrected chi connectivity index (χ3v) is 5.71. The molecular weight excluding hydrogens is 358 g/mol.